The lowest BCUT2D eigenvalue weighted by Crippen LogP contribution is -2.15. The van der Waals surface area contributed by atoms with Crippen molar-refractivity contribution in [3.63, 3.8) is 0 Å². The minimum Gasteiger partial charge on any atom is -0.370 e. The fourth-order valence-corrected chi connectivity index (χ4v) is 1.80. The van der Waals surface area contributed by atoms with E-state index in [2.05, 4.69) is 27.6 Å². The number of nitrogens with zero attached hydrogens (tertiary/aromatic N) is 3. The number of nitrogens with one attached hydrogen (secondary N) is 2. The number of pyridine rings is 1. The van der Waals surface area contributed by atoms with Gasteiger partial charge in [-0.1, -0.05) is 6.92 Å². The molecule has 0 aliphatic rings. The molecule has 0 saturated carbocycles. The average Bonchev–Trinajstić information content (AvgIpc) is 2.75. The van der Waals surface area contributed by atoms with Gasteiger partial charge in [-0.05, 0) is 25.5 Å². The van der Waals surface area contributed by atoms with Gasteiger partial charge in [-0.3, -0.25) is 9.48 Å². The molecule has 2 heterocycles. The highest BCUT2D eigenvalue weighted by atomic mass is 16.1. The van der Waals surface area contributed by atoms with E-state index in [4.69, 9.17) is 0 Å². The van der Waals surface area contributed by atoms with E-state index < -0.39 is 0 Å². The lowest BCUT2D eigenvalue weighted by Gasteiger charge is -2.06. The summed E-state index contributed by atoms with van der Waals surface area (Å²) in [5, 5.41) is 10.2. The van der Waals surface area contributed by atoms with Gasteiger partial charge in [-0.2, -0.15) is 5.10 Å². The number of hydrogen-bond donors (Lipinski definition) is 2. The summed E-state index contributed by atoms with van der Waals surface area (Å²) in [7, 11) is 1.79. The van der Waals surface area contributed by atoms with Crippen molar-refractivity contribution in [1.82, 2.24) is 14.8 Å². The predicted molar refractivity (Wildman–Crippen MR) is 78.9 cm³/mol. The van der Waals surface area contributed by atoms with Crippen molar-refractivity contribution in [3.05, 3.63) is 35.7 Å². The molecule has 0 unspecified atom stereocenters. The molecule has 0 fully saturated rings. The summed E-state index contributed by atoms with van der Waals surface area (Å²) in [5.74, 6) is 1.25. The van der Waals surface area contributed by atoms with E-state index in [1.54, 1.807) is 30.1 Å². The van der Waals surface area contributed by atoms with E-state index >= 15 is 0 Å². The molecule has 2 aromatic rings. The first kappa shape index (κ1) is 14.0. The van der Waals surface area contributed by atoms with Crippen molar-refractivity contribution in [2.24, 2.45) is 7.05 Å². The first-order valence-corrected chi connectivity index (χ1v) is 6.62. The van der Waals surface area contributed by atoms with Gasteiger partial charge in [0.2, 0.25) is 0 Å². The molecule has 0 aliphatic carbocycles. The zero-order valence-corrected chi connectivity index (χ0v) is 12.0. The molecule has 20 heavy (non-hydrogen) atoms. The second-order valence-electron chi connectivity index (χ2n) is 4.61. The van der Waals surface area contributed by atoms with Crippen LogP contribution in [0.5, 0.6) is 0 Å². The standard InChI is InChI=1S/C14H19N5O/c1-4-7-15-12-6-5-11(9-16-12)14(20)17-13-8-10(2)18-19(13)3/h5-6,8-9H,4,7H2,1-3H3,(H,15,16)(H,17,20). The van der Waals surface area contributed by atoms with Gasteiger partial charge in [0, 0.05) is 25.9 Å². The Balaban J connectivity index is 2.04. The number of aromatic nitrogens is 3. The van der Waals surface area contributed by atoms with Gasteiger partial charge in [0.1, 0.15) is 11.6 Å². The van der Waals surface area contributed by atoms with Crippen molar-refractivity contribution in [1.29, 1.82) is 0 Å². The summed E-state index contributed by atoms with van der Waals surface area (Å²) in [6, 6.07) is 5.38. The van der Waals surface area contributed by atoms with Gasteiger partial charge in [0.25, 0.3) is 5.91 Å². The monoisotopic (exact) mass is 273 g/mol. The summed E-state index contributed by atoms with van der Waals surface area (Å²) in [6.07, 6.45) is 2.60. The summed E-state index contributed by atoms with van der Waals surface area (Å²) in [6.45, 7) is 4.84. The van der Waals surface area contributed by atoms with Crippen molar-refractivity contribution in [3.8, 4) is 0 Å². The second-order valence-corrected chi connectivity index (χ2v) is 4.61. The number of carbonyl (C=O) groups is 1. The lowest BCUT2D eigenvalue weighted by atomic mass is 10.2. The zero-order chi connectivity index (χ0) is 14.5. The first-order chi connectivity index (χ1) is 9.60. The van der Waals surface area contributed by atoms with Gasteiger partial charge >= 0.3 is 0 Å². The topological polar surface area (TPSA) is 71.8 Å². The molecule has 2 aromatic heterocycles. The normalized spacial score (nSPS) is 10.3. The van der Waals surface area contributed by atoms with Crippen molar-refractivity contribution >= 4 is 17.5 Å². The van der Waals surface area contributed by atoms with Crippen LogP contribution in [0.4, 0.5) is 11.6 Å². The van der Waals surface area contributed by atoms with Crippen LogP contribution < -0.4 is 10.6 Å². The Morgan fingerprint density at radius 1 is 1.40 bits per heavy atom. The van der Waals surface area contributed by atoms with Crippen molar-refractivity contribution < 1.29 is 4.79 Å². The van der Waals surface area contributed by atoms with Crippen LogP contribution >= 0.6 is 0 Å². The fourth-order valence-electron chi connectivity index (χ4n) is 1.80. The number of amides is 1. The van der Waals surface area contributed by atoms with Gasteiger partial charge < -0.3 is 10.6 Å². The molecule has 0 saturated heterocycles. The number of hydrogen-bond acceptors (Lipinski definition) is 4. The Morgan fingerprint density at radius 2 is 2.20 bits per heavy atom. The summed E-state index contributed by atoms with van der Waals surface area (Å²) < 4.78 is 1.64. The Bertz CT molecular complexity index is 588. The molecule has 0 bridgehead atoms. The van der Waals surface area contributed by atoms with Gasteiger partial charge in [0.05, 0.1) is 11.3 Å². The van der Waals surface area contributed by atoms with Crippen molar-refractivity contribution in [2.75, 3.05) is 17.2 Å². The minimum absolute atomic E-state index is 0.192. The molecule has 6 nitrogen and oxygen atoms in total. The average molecular weight is 273 g/mol. The molecule has 106 valence electrons. The number of anilines is 2. The quantitative estimate of drug-likeness (QED) is 0.876. The summed E-state index contributed by atoms with van der Waals surface area (Å²) in [5.41, 5.74) is 1.38. The number of rotatable bonds is 5. The second kappa shape index (κ2) is 6.18. The van der Waals surface area contributed by atoms with Crippen molar-refractivity contribution in [2.45, 2.75) is 20.3 Å². The molecule has 0 atom stereocenters. The van der Waals surface area contributed by atoms with E-state index in [-0.39, 0.29) is 5.91 Å². The highest BCUT2D eigenvalue weighted by Gasteiger charge is 2.09. The van der Waals surface area contributed by atoms with Crippen LogP contribution in [-0.4, -0.2) is 27.2 Å². The Morgan fingerprint density at radius 3 is 2.75 bits per heavy atom. The van der Waals surface area contributed by atoms with Gasteiger partial charge in [-0.15, -0.1) is 0 Å². The summed E-state index contributed by atoms with van der Waals surface area (Å²) in [4.78, 5) is 16.3. The van der Waals surface area contributed by atoms with E-state index in [1.165, 1.54) is 0 Å². The molecule has 0 aliphatic heterocycles. The summed E-state index contributed by atoms with van der Waals surface area (Å²) >= 11 is 0. The molecule has 2 rings (SSSR count). The molecular formula is C14H19N5O. The van der Waals surface area contributed by atoms with Gasteiger partial charge in [0.15, 0.2) is 0 Å². The first-order valence-electron chi connectivity index (χ1n) is 6.62. The largest absolute Gasteiger partial charge is 0.370 e. The molecule has 0 radical (unpaired) electrons. The van der Waals surface area contributed by atoms with Crippen LogP contribution in [0.1, 0.15) is 29.4 Å². The third-order valence-corrected chi connectivity index (χ3v) is 2.83. The Kier molecular flexibility index (Phi) is 4.34. The number of aryl methyl sites for hydroxylation is 2. The van der Waals surface area contributed by atoms with Crippen LogP contribution in [-0.2, 0) is 7.05 Å². The maximum Gasteiger partial charge on any atom is 0.258 e. The number of carbonyl (C=O) groups excluding carboxylic acids is 1. The fraction of sp³-hybridized carbons (Fsp3) is 0.357. The van der Waals surface area contributed by atoms with E-state index in [0.717, 1.165) is 24.5 Å². The van der Waals surface area contributed by atoms with E-state index in [1.807, 2.05) is 13.0 Å². The molecular weight excluding hydrogens is 254 g/mol. The maximum atomic E-state index is 12.1. The van der Waals surface area contributed by atoms with E-state index in [9.17, 15) is 4.79 Å². The maximum absolute atomic E-state index is 12.1. The van der Waals surface area contributed by atoms with Crippen LogP contribution in [0, 0.1) is 6.92 Å². The third-order valence-electron chi connectivity index (χ3n) is 2.83. The predicted octanol–water partition coefficient (Wildman–Crippen LogP) is 2.20. The van der Waals surface area contributed by atoms with Crippen LogP contribution in [0.25, 0.3) is 0 Å². The van der Waals surface area contributed by atoms with Crippen LogP contribution in [0.3, 0.4) is 0 Å². The smallest absolute Gasteiger partial charge is 0.258 e. The highest BCUT2D eigenvalue weighted by molar-refractivity contribution is 6.03. The van der Waals surface area contributed by atoms with Crippen LogP contribution in [0.15, 0.2) is 24.4 Å². The van der Waals surface area contributed by atoms with E-state index in [0.29, 0.717) is 11.4 Å². The van der Waals surface area contributed by atoms with Crippen LogP contribution in [0.2, 0.25) is 0 Å². The highest BCUT2D eigenvalue weighted by Crippen LogP contribution is 2.11. The molecule has 0 spiro atoms. The Labute approximate surface area is 118 Å². The minimum atomic E-state index is -0.192. The van der Waals surface area contributed by atoms with Gasteiger partial charge in [-0.25, -0.2) is 4.98 Å². The molecule has 6 heteroatoms. The molecule has 2 N–H and O–H groups in total. The Hall–Kier alpha value is -2.37. The third kappa shape index (κ3) is 3.34. The SMILES string of the molecule is CCCNc1ccc(C(=O)Nc2cc(C)nn2C)cn1. The zero-order valence-electron chi connectivity index (χ0n) is 12.0. The lowest BCUT2D eigenvalue weighted by molar-refractivity contribution is 0.102. The molecule has 0 aromatic carbocycles. The molecule has 1 amide bonds.